The molecule has 0 aliphatic rings. The molecular formula is C10H12N4O. The van der Waals surface area contributed by atoms with E-state index in [1.54, 1.807) is 24.1 Å². The number of carbonyl (C=O) groups is 1. The van der Waals surface area contributed by atoms with Gasteiger partial charge in [0, 0.05) is 12.7 Å². The second-order valence-electron chi connectivity index (χ2n) is 3.26. The molecule has 1 aromatic heterocycles. The lowest BCUT2D eigenvalue weighted by Crippen LogP contribution is -2.31. The summed E-state index contributed by atoms with van der Waals surface area (Å²) in [4.78, 5) is 16.5. The summed E-state index contributed by atoms with van der Waals surface area (Å²) in [6, 6.07) is 5.45. The third kappa shape index (κ3) is 2.68. The van der Waals surface area contributed by atoms with Gasteiger partial charge in [-0.15, -0.1) is 0 Å². The Labute approximate surface area is 88.1 Å². The SMILES string of the molecule is Cc1ccc(C#N)c(N(C)CC(N)=O)n1. The van der Waals surface area contributed by atoms with Crippen LogP contribution in [0.1, 0.15) is 11.3 Å². The van der Waals surface area contributed by atoms with Crippen LogP contribution in [0.3, 0.4) is 0 Å². The lowest BCUT2D eigenvalue weighted by atomic mass is 10.2. The van der Waals surface area contributed by atoms with E-state index in [1.807, 2.05) is 13.0 Å². The van der Waals surface area contributed by atoms with E-state index in [0.717, 1.165) is 5.69 Å². The number of aryl methyl sites for hydroxylation is 1. The first kappa shape index (κ1) is 11.0. The highest BCUT2D eigenvalue weighted by atomic mass is 16.1. The Bertz CT molecular complexity index is 422. The van der Waals surface area contributed by atoms with Crippen LogP contribution in [-0.2, 0) is 4.79 Å². The van der Waals surface area contributed by atoms with Crippen molar-refractivity contribution in [1.29, 1.82) is 5.26 Å². The van der Waals surface area contributed by atoms with Crippen LogP contribution in [0.5, 0.6) is 0 Å². The standard InChI is InChI=1S/C10H12N4O/c1-7-3-4-8(5-11)10(13-7)14(2)6-9(12)15/h3-4H,6H2,1-2H3,(H2,12,15). The lowest BCUT2D eigenvalue weighted by Gasteiger charge is -2.17. The van der Waals surface area contributed by atoms with Gasteiger partial charge in [0.1, 0.15) is 11.9 Å². The van der Waals surface area contributed by atoms with Gasteiger partial charge in [0.2, 0.25) is 5.91 Å². The number of rotatable bonds is 3. The van der Waals surface area contributed by atoms with E-state index < -0.39 is 5.91 Å². The van der Waals surface area contributed by atoms with Gasteiger partial charge in [-0.05, 0) is 19.1 Å². The Morgan fingerprint density at radius 2 is 2.33 bits per heavy atom. The molecule has 0 fully saturated rings. The molecule has 5 nitrogen and oxygen atoms in total. The van der Waals surface area contributed by atoms with Crippen LogP contribution >= 0.6 is 0 Å². The molecule has 0 saturated heterocycles. The smallest absolute Gasteiger partial charge is 0.236 e. The Hall–Kier alpha value is -2.09. The summed E-state index contributed by atoms with van der Waals surface area (Å²) >= 11 is 0. The van der Waals surface area contributed by atoms with Crippen molar-refractivity contribution in [1.82, 2.24) is 4.98 Å². The maximum atomic E-state index is 10.7. The largest absolute Gasteiger partial charge is 0.368 e. The zero-order valence-electron chi connectivity index (χ0n) is 8.69. The van der Waals surface area contributed by atoms with Crippen LogP contribution in [0, 0.1) is 18.3 Å². The van der Waals surface area contributed by atoms with Crippen molar-refractivity contribution in [2.75, 3.05) is 18.5 Å². The average molecular weight is 204 g/mol. The summed E-state index contributed by atoms with van der Waals surface area (Å²) in [5, 5.41) is 8.86. The fourth-order valence-electron chi connectivity index (χ4n) is 1.23. The highest BCUT2D eigenvalue weighted by molar-refractivity contribution is 5.79. The maximum absolute atomic E-state index is 10.7. The number of amides is 1. The topological polar surface area (TPSA) is 83.0 Å². The number of nitrogens with two attached hydrogens (primary N) is 1. The maximum Gasteiger partial charge on any atom is 0.236 e. The zero-order valence-corrected chi connectivity index (χ0v) is 8.69. The molecule has 0 aromatic carbocycles. The predicted octanol–water partition coefficient (Wildman–Crippen LogP) is 0.183. The van der Waals surface area contributed by atoms with Crippen LogP contribution in [0.25, 0.3) is 0 Å². The summed E-state index contributed by atoms with van der Waals surface area (Å²) in [5.41, 5.74) is 6.30. The van der Waals surface area contributed by atoms with Gasteiger partial charge >= 0.3 is 0 Å². The third-order valence-corrected chi connectivity index (χ3v) is 1.89. The lowest BCUT2D eigenvalue weighted by molar-refractivity contribution is -0.116. The normalized spacial score (nSPS) is 9.40. The minimum absolute atomic E-state index is 0.0468. The number of aromatic nitrogens is 1. The number of carbonyl (C=O) groups excluding carboxylic acids is 1. The molecule has 5 heteroatoms. The van der Waals surface area contributed by atoms with Gasteiger partial charge in [0.25, 0.3) is 0 Å². The number of pyridine rings is 1. The monoisotopic (exact) mass is 204 g/mol. The van der Waals surface area contributed by atoms with Crippen molar-refractivity contribution in [3.05, 3.63) is 23.4 Å². The molecular weight excluding hydrogens is 192 g/mol. The highest BCUT2D eigenvalue weighted by Gasteiger charge is 2.10. The Balaban J connectivity index is 3.06. The van der Waals surface area contributed by atoms with Gasteiger partial charge in [-0.3, -0.25) is 4.79 Å². The van der Waals surface area contributed by atoms with Crippen molar-refractivity contribution in [3.63, 3.8) is 0 Å². The van der Waals surface area contributed by atoms with Gasteiger partial charge in [-0.25, -0.2) is 4.98 Å². The first-order valence-corrected chi connectivity index (χ1v) is 4.41. The average Bonchev–Trinajstić information content (AvgIpc) is 2.16. The van der Waals surface area contributed by atoms with Crippen LogP contribution in [0.4, 0.5) is 5.82 Å². The van der Waals surface area contributed by atoms with Crippen molar-refractivity contribution in [3.8, 4) is 6.07 Å². The Kier molecular flexibility index (Phi) is 3.24. The van der Waals surface area contributed by atoms with E-state index in [4.69, 9.17) is 11.0 Å². The van der Waals surface area contributed by atoms with Gasteiger partial charge in [0.15, 0.2) is 0 Å². The fourth-order valence-corrected chi connectivity index (χ4v) is 1.23. The minimum Gasteiger partial charge on any atom is -0.368 e. The number of hydrogen-bond acceptors (Lipinski definition) is 4. The Morgan fingerprint density at radius 3 is 2.87 bits per heavy atom. The molecule has 1 aromatic rings. The first-order chi connectivity index (χ1) is 7.04. The molecule has 15 heavy (non-hydrogen) atoms. The van der Waals surface area contributed by atoms with Gasteiger partial charge < -0.3 is 10.6 Å². The number of anilines is 1. The number of hydrogen-bond donors (Lipinski definition) is 1. The van der Waals surface area contributed by atoms with Crippen molar-refractivity contribution < 1.29 is 4.79 Å². The summed E-state index contributed by atoms with van der Waals surface area (Å²) in [5.74, 6) is 0.0287. The summed E-state index contributed by atoms with van der Waals surface area (Å²) in [6.07, 6.45) is 0. The van der Waals surface area contributed by atoms with Crippen LogP contribution in [0.2, 0.25) is 0 Å². The molecule has 2 N–H and O–H groups in total. The minimum atomic E-state index is -0.454. The molecule has 0 saturated carbocycles. The molecule has 0 bridgehead atoms. The molecule has 0 atom stereocenters. The van der Waals surface area contributed by atoms with E-state index in [-0.39, 0.29) is 6.54 Å². The molecule has 78 valence electrons. The number of nitriles is 1. The molecule has 1 amide bonds. The van der Waals surface area contributed by atoms with E-state index in [1.165, 1.54) is 0 Å². The molecule has 1 heterocycles. The second-order valence-corrected chi connectivity index (χ2v) is 3.26. The van der Waals surface area contributed by atoms with Crippen molar-refractivity contribution in [2.24, 2.45) is 5.73 Å². The molecule has 0 unspecified atom stereocenters. The van der Waals surface area contributed by atoms with Gasteiger partial charge in [0.05, 0.1) is 12.1 Å². The van der Waals surface area contributed by atoms with Crippen molar-refractivity contribution in [2.45, 2.75) is 6.92 Å². The van der Waals surface area contributed by atoms with E-state index in [9.17, 15) is 4.79 Å². The van der Waals surface area contributed by atoms with Gasteiger partial charge in [-0.2, -0.15) is 5.26 Å². The number of primary amides is 1. The van der Waals surface area contributed by atoms with Crippen LogP contribution in [-0.4, -0.2) is 24.5 Å². The first-order valence-electron chi connectivity index (χ1n) is 4.41. The van der Waals surface area contributed by atoms with Crippen LogP contribution in [0.15, 0.2) is 12.1 Å². The summed E-state index contributed by atoms with van der Waals surface area (Å²) < 4.78 is 0. The quantitative estimate of drug-likeness (QED) is 0.761. The van der Waals surface area contributed by atoms with Crippen LogP contribution < -0.4 is 10.6 Å². The summed E-state index contributed by atoms with van der Waals surface area (Å²) in [6.45, 7) is 1.87. The molecule has 0 spiro atoms. The zero-order chi connectivity index (χ0) is 11.4. The fraction of sp³-hybridized carbons (Fsp3) is 0.300. The van der Waals surface area contributed by atoms with Crippen molar-refractivity contribution >= 4 is 11.7 Å². The highest BCUT2D eigenvalue weighted by Crippen LogP contribution is 2.15. The van der Waals surface area contributed by atoms with E-state index >= 15 is 0 Å². The Morgan fingerprint density at radius 1 is 1.67 bits per heavy atom. The molecule has 1 rings (SSSR count). The molecule has 0 radical (unpaired) electrons. The third-order valence-electron chi connectivity index (χ3n) is 1.89. The van der Waals surface area contributed by atoms with Gasteiger partial charge in [-0.1, -0.05) is 0 Å². The predicted molar refractivity (Wildman–Crippen MR) is 56.2 cm³/mol. The molecule has 0 aliphatic carbocycles. The van der Waals surface area contributed by atoms with E-state index in [0.29, 0.717) is 11.4 Å². The molecule has 0 aliphatic heterocycles. The van der Waals surface area contributed by atoms with E-state index in [2.05, 4.69) is 4.98 Å². The summed E-state index contributed by atoms with van der Waals surface area (Å²) in [7, 11) is 1.67. The second kappa shape index (κ2) is 4.42. The number of likely N-dealkylation sites (N-methyl/N-ethyl adjacent to an activating group) is 1. The number of nitrogens with zero attached hydrogens (tertiary/aromatic N) is 3.